The molecule has 2 saturated heterocycles. The Morgan fingerprint density at radius 3 is 2.95 bits per heavy atom. The molecule has 1 spiro atoms. The van der Waals surface area contributed by atoms with Gasteiger partial charge in [-0.1, -0.05) is 6.07 Å². The molecule has 22 heavy (non-hydrogen) atoms. The predicted molar refractivity (Wildman–Crippen MR) is 82.8 cm³/mol. The molecule has 3 rings (SSSR count). The highest BCUT2D eigenvalue weighted by molar-refractivity contribution is 5.92. The number of hydrogen-bond donors (Lipinski definition) is 2. The van der Waals surface area contributed by atoms with Gasteiger partial charge in [0.25, 0.3) is 5.91 Å². The summed E-state index contributed by atoms with van der Waals surface area (Å²) >= 11 is 0. The SMILES string of the molecule is CN1CC[C@H](O)[C@@]2(CCCN(C(=O)c3cccc(=O)[nH]3)C2)C1. The maximum atomic E-state index is 12.6. The minimum absolute atomic E-state index is 0.155. The molecule has 0 saturated carbocycles. The summed E-state index contributed by atoms with van der Waals surface area (Å²) in [6.45, 7) is 2.92. The molecule has 0 aliphatic carbocycles. The van der Waals surface area contributed by atoms with E-state index in [4.69, 9.17) is 0 Å². The summed E-state index contributed by atoms with van der Waals surface area (Å²) in [5.41, 5.74) is -0.186. The van der Waals surface area contributed by atoms with Crippen LogP contribution in [-0.2, 0) is 0 Å². The Bertz CT molecular complexity index is 615. The highest BCUT2D eigenvalue weighted by atomic mass is 16.3. The standard InChI is InChI=1S/C16H23N3O3/c1-18-9-6-13(20)16(10-18)7-3-8-19(11-16)15(22)12-4-2-5-14(21)17-12/h2,4-5,13,20H,3,6-11H2,1H3,(H,17,21)/t13-,16-/m0/s1. The van der Waals surface area contributed by atoms with Crippen LogP contribution in [0.15, 0.2) is 23.0 Å². The number of H-pyrrole nitrogens is 1. The highest BCUT2D eigenvalue weighted by Gasteiger charge is 2.45. The van der Waals surface area contributed by atoms with Crippen LogP contribution in [0.4, 0.5) is 0 Å². The number of pyridine rings is 1. The van der Waals surface area contributed by atoms with Gasteiger partial charge in [0.15, 0.2) is 0 Å². The van der Waals surface area contributed by atoms with Crippen molar-refractivity contribution in [3.8, 4) is 0 Å². The second kappa shape index (κ2) is 5.85. The first-order valence-corrected chi connectivity index (χ1v) is 7.85. The van der Waals surface area contributed by atoms with Crippen LogP contribution in [0.2, 0.25) is 0 Å². The van der Waals surface area contributed by atoms with Crippen LogP contribution >= 0.6 is 0 Å². The third-order valence-electron chi connectivity index (χ3n) is 4.97. The first-order chi connectivity index (χ1) is 10.5. The van der Waals surface area contributed by atoms with Crippen LogP contribution < -0.4 is 5.56 Å². The number of aliphatic hydroxyl groups is 1. The zero-order chi connectivity index (χ0) is 15.7. The summed E-state index contributed by atoms with van der Waals surface area (Å²) in [7, 11) is 2.06. The van der Waals surface area contributed by atoms with E-state index in [1.165, 1.54) is 6.07 Å². The number of nitrogens with zero attached hydrogens (tertiary/aromatic N) is 2. The number of aromatic nitrogens is 1. The number of amides is 1. The Morgan fingerprint density at radius 2 is 2.18 bits per heavy atom. The Kier molecular flexibility index (Phi) is 4.06. The largest absolute Gasteiger partial charge is 0.392 e. The zero-order valence-electron chi connectivity index (χ0n) is 12.9. The number of carbonyl (C=O) groups is 1. The van der Waals surface area contributed by atoms with Crippen LogP contribution in [0.3, 0.4) is 0 Å². The van der Waals surface area contributed by atoms with Crippen molar-refractivity contribution in [2.24, 2.45) is 5.41 Å². The van der Waals surface area contributed by atoms with Gasteiger partial charge in [-0.25, -0.2) is 0 Å². The molecule has 2 atom stereocenters. The molecule has 2 N–H and O–H groups in total. The van der Waals surface area contributed by atoms with Crippen LogP contribution in [0.25, 0.3) is 0 Å². The van der Waals surface area contributed by atoms with Gasteiger partial charge in [-0.2, -0.15) is 0 Å². The third kappa shape index (κ3) is 2.80. The summed E-state index contributed by atoms with van der Waals surface area (Å²) < 4.78 is 0. The predicted octanol–water partition coefficient (Wildman–Crippen LogP) is 0.294. The third-order valence-corrected chi connectivity index (χ3v) is 4.97. The van der Waals surface area contributed by atoms with Crippen molar-refractivity contribution in [1.29, 1.82) is 0 Å². The molecule has 120 valence electrons. The molecule has 0 radical (unpaired) electrons. The molecule has 2 fully saturated rings. The van der Waals surface area contributed by atoms with Crippen LogP contribution in [0, 0.1) is 5.41 Å². The van der Waals surface area contributed by atoms with Crippen molar-refractivity contribution < 1.29 is 9.90 Å². The molecule has 1 aromatic heterocycles. The maximum absolute atomic E-state index is 12.6. The van der Waals surface area contributed by atoms with Crippen molar-refractivity contribution in [1.82, 2.24) is 14.8 Å². The number of likely N-dealkylation sites (tertiary alicyclic amines) is 2. The molecule has 1 amide bonds. The summed E-state index contributed by atoms with van der Waals surface area (Å²) in [5.74, 6) is -0.155. The Balaban J connectivity index is 1.80. The van der Waals surface area contributed by atoms with E-state index in [2.05, 4.69) is 16.9 Å². The average Bonchev–Trinajstić information content (AvgIpc) is 2.51. The highest BCUT2D eigenvalue weighted by Crippen LogP contribution is 2.38. The fourth-order valence-corrected chi connectivity index (χ4v) is 3.85. The molecule has 2 aliphatic rings. The minimum atomic E-state index is -0.367. The lowest BCUT2D eigenvalue weighted by atomic mass is 9.71. The van der Waals surface area contributed by atoms with Crippen LogP contribution in [0.1, 0.15) is 29.8 Å². The normalized spacial score (nSPS) is 29.7. The quantitative estimate of drug-likeness (QED) is 0.782. The van der Waals surface area contributed by atoms with E-state index in [-0.39, 0.29) is 23.0 Å². The Labute approximate surface area is 129 Å². The number of carbonyl (C=O) groups excluding carboxylic acids is 1. The van der Waals surface area contributed by atoms with Crippen LogP contribution in [0.5, 0.6) is 0 Å². The molecule has 0 unspecified atom stereocenters. The van der Waals surface area contributed by atoms with E-state index in [1.54, 1.807) is 17.0 Å². The fourth-order valence-electron chi connectivity index (χ4n) is 3.85. The molecular weight excluding hydrogens is 282 g/mol. The Morgan fingerprint density at radius 1 is 1.36 bits per heavy atom. The van der Waals surface area contributed by atoms with Gasteiger partial charge in [-0.15, -0.1) is 0 Å². The average molecular weight is 305 g/mol. The lowest BCUT2D eigenvalue weighted by molar-refractivity contribution is -0.0731. The molecule has 1 aromatic rings. The van der Waals surface area contributed by atoms with Gasteiger partial charge in [0.1, 0.15) is 5.69 Å². The van der Waals surface area contributed by atoms with Crippen LogP contribution in [-0.4, -0.2) is 65.1 Å². The van der Waals surface area contributed by atoms with Crippen molar-refractivity contribution in [2.75, 3.05) is 33.2 Å². The number of aliphatic hydroxyl groups excluding tert-OH is 1. The van der Waals surface area contributed by atoms with E-state index in [0.717, 1.165) is 32.4 Å². The minimum Gasteiger partial charge on any atom is -0.392 e. The lowest BCUT2D eigenvalue weighted by Crippen LogP contribution is -2.59. The lowest BCUT2D eigenvalue weighted by Gasteiger charge is -2.50. The number of rotatable bonds is 1. The number of piperidine rings is 2. The second-order valence-corrected chi connectivity index (χ2v) is 6.66. The molecule has 3 heterocycles. The first kappa shape index (κ1) is 15.2. The van der Waals surface area contributed by atoms with E-state index in [9.17, 15) is 14.7 Å². The van der Waals surface area contributed by atoms with Gasteiger partial charge >= 0.3 is 0 Å². The van der Waals surface area contributed by atoms with E-state index >= 15 is 0 Å². The van der Waals surface area contributed by atoms with E-state index < -0.39 is 0 Å². The van der Waals surface area contributed by atoms with Gasteiger partial charge in [-0.05, 0) is 32.4 Å². The molecule has 6 nitrogen and oxygen atoms in total. The second-order valence-electron chi connectivity index (χ2n) is 6.66. The van der Waals surface area contributed by atoms with Gasteiger partial charge in [0, 0.05) is 37.7 Å². The molecule has 0 aromatic carbocycles. The molecule has 2 aliphatic heterocycles. The monoisotopic (exact) mass is 305 g/mol. The summed E-state index contributed by atoms with van der Waals surface area (Å²) in [4.78, 5) is 30.6. The fraction of sp³-hybridized carbons (Fsp3) is 0.625. The number of aromatic amines is 1. The molecule has 6 heteroatoms. The van der Waals surface area contributed by atoms with E-state index in [0.29, 0.717) is 18.8 Å². The smallest absolute Gasteiger partial charge is 0.270 e. The maximum Gasteiger partial charge on any atom is 0.270 e. The summed E-state index contributed by atoms with van der Waals surface area (Å²) in [6, 6.07) is 4.62. The van der Waals surface area contributed by atoms with E-state index in [1.807, 2.05) is 0 Å². The van der Waals surface area contributed by atoms with Gasteiger partial charge < -0.3 is 19.9 Å². The summed E-state index contributed by atoms with van der Waals surface area (Å²) in [6.07, 6.45) is 2.20. The van der Waals surface area contributed by atoms with Crippen molar-refractivity contribution >= 4 is 5.91 Å². The van der Waals surface area contributed by atoms with Crippen molar-refractivity contribution in [3.05, 3.63) is 34.2 Å². The van der Waals surface area contributed by atoms with Gasteiger partial charge in [-0.3, -0.25) is 9.59 Å². The zero-order valence-corrected chi connectivity index (χ0v) is 12.9. The topological polar surface area (TPSA) is 76.6 Å². The molecule has 0 bridgehead atoms. The van der Waals surface area contributed by atoms with Crippen molar-refractivity contribution in [3.63, 3.8) is 0 Å². The summed E-state index contributed by atoms with van der Waals surface area (Å²) in [5, 5.41) is 10.5. The Hall–Kier alpha value is -1.66. The van der Waals surface area contributed by atoms with Crippen molar-refractivity contribution in [2.45, 2.75) is 25.4 Å². The number of hydrogen-bond acceptors (Lipinski definition) is 4. The van der Waals surface area contributed by atoms with Gasteiger partial charge in [0.05, 0.1) is 6.10 Å². The molecular formula is C16H23N3O3. The van der Waals surface area contributed by atoms with Gasteiger partial charge in [0.2, 0.25) is 5.56 Å². The number of nitrogens with one attached hydrogen (secondary N) is 1. The first-order valence-electron chi connectivity index (χ1n) is 7.85.